The van der Waals surface area contributed by atoms with Gasteiger partial charge in [-0.2, -0.15) is 5.10 Å². The number of aromatic hydroxyl groups is 2. The Hall–Kier alpha value is -3.88. The average molecular weight is 385 g/mol. The van der Waals surface area contributed by atoms with Gasteiger partial charge in [-0.15, -0.1) is 0 Å². The zero-order valence-corrected chi connectivity index (χ0v) is 15.0. The summed E-state index contributed by atoms with van der Waals surface area (Å²) in [6.45, 7) is 1.64. The van der Waals surface area contributed by atoms with Crippen LogP contribution in [0.2, 0.25) is 0 Å². The minimum absolute atomic E-state index is 0.0356. The lowest BCUT2D eigenvalue weighted by Gasteiger charge is -2.08. The number of nitrogens with one attached hydrogen (secondary N) is 2. The maximum Gasteiger partial charge on any atom is 0.303 e. The number of phenolic OH excluding ortho intramolecular Hbond substituents is 2. The Morgan fingerprint density at radius 1 is 0.964 bits per heavy atom. The van der Waals surface area contributed by atoms with Gasteiger partial charge in [0.1, 0.15) is 11.5 Å². The minimum atomic E-state index is -1.05. The average Bonchev–Trinajstić information content (AvgIpc) is 2.63. The highest BCUT2D eigenvalue weighted by Gasteiger charge is 2.09. The molecule has 2 rings (SSSR count). The van der Waals surface area contributed by atoms with E-state index in [0.29, 0.717) is 17.0 Å². The maximum atomic E-state index is 12.1. The number of amides is 2. The van der Waals surface area contributed by atoms with Crippen LogP contribution in [0.25, 0.3) is 0 Å². The molecule has 2 aromatic carbocycles. The van der Waals surface area contributed by atoms with Gasteiger partial charge in [-0.3, -0.25) is 14.4 Å². The quantitative estimate of drug-likeness (QED) is 0.364. The molecule has 28 heavy (non-hydrogen) atoms. The molecule has 0 unspecified atom stereocenters. The van der Waals surface area contributed by atoms with Crippen LogP contribution in [0.1, 0.15) is 35.7 Å². The number of carboxylic acid groups (broad SMARTS) is 1. The van der Waals surface area contributed by atoms with Gasteiger partial charge in [0.05, 0.1) is 12.1 Å². The molecule has 0 saturated carbocycles. The molecule has 0 aliphatic carbocycles. The van der Waals surface area contributed by atoms with Crippen molar-refractivity contribution in [2.24, 2.45) is 5.10 Å². The van der Waals surface area contributed by atoms with Gasteiger partial charge in [-0.1, -0.05) is 12.1 Å². The molecule has 0 aliphatic heterocycles. The van der Waals surface area contributed by atoms with Crippen LogP contribution in [0.4, 0.5) is 5.69 Å². The Kier molecular flexibility index (Phi) is 6.69. The second-order valence-corrected chi connectivity index (χ2v) is 5.90. The molecule has 0 aromatic heterocycles. The second kappa shape index (κ2) is 9.17. The van der Waals surface area contributed by atoms with Crippen LogP contribution in [0, 0.1) is 0 Å². The van der Waals surface area contributed by atoms with Gasteiger partial charge in [-0.25, -0.2) is 5.43 Å². The molecule has 2 amide bonds. The summed E-state index contributed by atoms with van der Waals surface area (Å²) >= 11 is 0. The van der Waals surface area contributed by atoms with Crippen molar-refractivity contribution in [3.63, 3.8) is 0 Å². The van der Waals surface area contributed by atoms with Crippen LogP contribution < -0.4 is 10.7 Å². The molecule has 0 radical (unpaired) electrons. The van der Waals surface area contributed by atoms with E-state index < -0.39 is 17.8 Å². The predicted octanol–water partition coefficient (Wildman–Crippen LogP) is 2.06. The Labute approximate surface area is 160 Å². The van der Waals surface area contributed by atoms with Gasteiger partial charge < -0.3 is 20.6 Å². The number of hydrazone groups is 1. The third kappa shape index (κ3) is 6.13. The summed E-state index contributed by atoms with van der Waals surface area (Å²) in [5.74, 6) is -2.60. The molecule has 0 saturated heterocycles. The lowest BCUT2D eigenvalue weighted by Crippen LogP contribution is -2.19. The number of carboxylic acids is 1. The van der Waals surface area contributed by atoms with Crippen molar-refractivity contribution in [2.75, 3.05) is 5.32 Å². The first kappa shape index (κ1) is 20.4. The maximum absolute atomic E-state index is 12.1. The minimum Gasteiger partial charge on any atom is -0.508 e. The number of anilines is 1. The van der Waals surface area contributed by atoms with E-state index in [1.807, 2.05) is 0 Å². The van der Waals surface area contributed by atoms with E-state index in [-0.39, 0.29) is 29.9 Å². The van der Waals surface area contributed by atoms with Crippen LogP contribution in [0.3, 0.4) is 0 Å². The van der Waals surface area contributed by atoms with Crippen molar-refractivity contribution in [3.05, 3.63) is 53.6 Å². The third-order valence-electron chi connectivity index (χ3n) is 3.62. The fourth-order valence-corrected chi connectivity index (χ4v) is 2.26. The van der Waals surface area contributed by atoms with Gasteiger partial charge >= 0.3 is 5.97 Å². The molecule has 9 nitrogen and oxygen atoms in total. The Morgan fingerprint density at radius 3 is 2.29 bits per heavy atom. The van der Waals surface area contributed by atoms with E-state index >= 15 is 0 Å². The van der Waals surface area contributed by atoms with E-state index in [0.717, 1.165) is 6.07 Å². The molecule has 0 aliphatic rings. The third-order valence-corrected chi connectivity index (χ3v) is 3.62. The van der Waals surface area contributed by atoms with Gasteiger partial charge in [0, 0.05) is 23.7 Å². The highest BCUT2D eigenvalue weighted by atomic mass is 16.4. The monoisotopic (exact) mass is 385 g/mol. The number of nitrogens with zero attached hydrogens (tertiary/aromatic N) is 1. The van der Waals surface area contributed by atoms with E-state index in [1.165, 1.54) is 12.1 Å². The molecule has 0 bridgehead atoms. The molecule has 2 aromatic rings. The Bertz CT molecular complexity index is 919. The number of carbonyl (C=O) groups excluding carboxylic acids is 2. The number of aliphatic carboxylic acids is 1. The molecule has 146 valence electrons. The lowest BCUT2D eigenvalue weighted by molar-refractivity contribution is -0.138. The van der Waals surface area contributed by atoms with Crippen LogP contribution in [0.15, 0.2) is 47.6 Å². The van der Waals surface area contributed by atoms with Crippen LogP contribution in [0.5, 0.6) is 11.5 Å². The standard InChI is InChI=1S/C19H19N3O6/c1-11(21-22-19(28)13-8-15(23)10-16(24)9-13)12-3-2-4-14(7-12)20-17(25)5-6-18(26)27/h2-4,7-10,23-24H,5-6H2,1H3,(H,20,25)(H,22,28)(H,26,27)/b21-11+. The number of benzene rings is 2. The second-order valence-electron chi connectivity index (χ2n) is 5.90. The number of rotatable bonds is 7. The van der Waals surface area contributed by atoms with Crippen molar-refractivity contribution < 1.29 is 29.7 Å². The van der Waals surface area contributed by atoms with Gasteiger partial charge in [-0.05, 0) is 36.8 Å². The summed E-state index contributed by atoms with van der Waals surface area (Å²) in [6.07, 6.45) is -0.401. The zero-order chi connectivity index (χ0) is 20.7. The smallest absolute Gasteiger partial charge is 0.303 e. The number of phenols is 2. The summed E-state index contributed by atoms with van der Waals surface area (Å²) < 4.78 is 0. The van der Waals surface area contributed by atoms with Crippen molar-refractivity contribution in [1.82, 2.24) is 5.43 Å². The largest absolute Gasteiger partial charge is 0.508 e. The summed E-state index contributed by atoms with van der Waals surface area (Å²) in [5.41, 5.74) is 3.88. The van der Waals surface area contributed by atoms with Gasteiger partial charge in [0.25, 0.3) is 5.91 Å². The van der Waals surface area contributed by atoms with E-state index in [9.17, 15) is 24.6 Å². The van der Waals surface area contributed by atoms with Gasteiger partial charge in [0.15, 0.2) is 0 Å². The summed E-state index contributed by atoms with van der Waals surface area (Å²) in [7, 11) is 0. The fraction of sp³-hybridized carbons (Fsp3) is 0.158. The SMILES string of the molecule is C/C(=N\NC(=O)c1cc(O)cc(O)c1)c1cccc(NC(=O)CCC(=O)O)c1. The van der Waals surface area contributed by atoms with Crippen molar-refractivity contribution in [3.8, 4) is 11.5 Å². The number of hydrogen-bond donors (Lipinski definition) is 5. The van der Waals surface area contributed by atoms with Crippen LogP contribution in [-0.4, -0.2) is 38.8 Å². The Balaban J connectivity index is 2.05. The topological polar surface area (TPSA) is 148 Å². The molecule has 9 heteroatoms. The number of carbonyl (C=O) groups is 3. The molecule has 5 N–H and O–H groups in total. The first-order chi connectivity index (χ1) is 13.2. The molecule has 0 atom stereocenters. The van der Waals surface area contributed by atoms with E-state index in [4.69, 9.17) is 5.11 Å². The highest BCUT2D eigenvalue weighted by Crippen LogP contribution is 2.20. The normalized spacial score (nSPS) is 11.0. The Morgan fingerprint density at radius 2 is 1.64 bits per heavy atom. The van der Waals surface area contributed by atoms with Crippen molar-refractivity contribution >= 4 is 29.2 Å². The summed E-state index contributed by atoms with van der Waals surface area (Å²) in [6, 6.07) is 10.1. The number of hydrogen-bond acceptors (Lipinski definition) is 6. The molecular formula is C19H19N3O6. The predicted molar refractivity (Wildman–Crippen MR) is 101 cm³/mol. The fourth-order valence-electron chi connectivity index (χ4n) is 2.26. The van der Waals surface area contributed by atoms with Crippen LogP contribution >= 0.6 is 0 Å². The van der Waals surface area contributed by atoms with E-state index in [2.05, 4.69) is 15.8 Å². The van der Waals surface area contributed by atoms with Gasteiger partial charge in [0.2, 0.25) is 5.91 Å². The summed E-state index contributed by atoms with van der Waals surface area (Å²) in [5, 5.41) is 34.0. The van der Waals surface area contributed by atoms with Crippen molar-refractivity contribution in [1.29, 1.82) is 0 Å². The van der Waals surface area contributed by atoms with Crippen molar-refractivity contribution in [2.45, 2.75) is 19.8 Å². The molecule has 0 spiro atoms. The molecule has 0 fully saturated rings. The van der Waals surface area contributed by atoms with E-state index in [1.54, 1.807) is 31.2 Å². The summed E-state index contributed by atoms with van der Waals surface area (Å²) in [4.78, 5) is 34.3. The molecule has 0 heterocycles. The first-order valence-electron chi connectivity index (χ1n) is 8.24. The zero-order valence-electron chi connectivity index (χ0n) is 15.0. The first-order valence-corrected chi connectivity index (χ1v) is 8.24. The lowest BCUT2D eigenvalue weighted by atomic mass is 10.1. The highest BCUT2D eigenvalue weighted by molar-refractivity contribution is 6.02. The molecular weight excluding hydrogens is 366 g/mol. The van der Waals surface area contributed by atoms with Crippen LogP contribution in [-0.2, 0) is 9.59 Å².